The van der Waals surface area contributed by atoms with Crippen molar-refractivity contribution in [1.82, 2.24) is 4.57 Å². The van der Waals surface area contributed by atoms with Crippen LogP contribution in [0.15, 0.2) is 49.1 Å². The van der Waals surface area contributed by atoms with Gasteiger partial charge in [0.2, 0.25) is 6.33 Å². The first-order chi connectivity index (χ1) is 6.40. The number of rotatable bonds is 2. The highest BCUT2D eigenvalue weighted by Gasteiger charge is 2.02. The van der Waals surface area contributed by atoms with Gasteiger partial charge in [-0.3, -0.25) is 0 Å². The van der Waals surface area contributed by atoms with Crippen molar-refractivity contribution in [1.29, 1.82) is 0 Å². The van der Waals surface area contributed by atoms with Crippen LogP contribution in [0.5, 0.6) is 0 Å². The van der Waals surface area contributed by atoms with Gasteiger partial charge in [-0.1, -0.05) is 18.2 Å². The number of imidazole rings is 1. The second-order valence-corrected chi connectivity index (χ2v) is 2.99. The third kappa shape index (κ3) is 2.23. The summed E-state index contributed by atoms with van der Waals surface area (Å²) in [5.74, 6) is 0. The molecule has 0 radical (unpaired) electrons. The van der Waals surface area contributed by atoms with Crippen LogP contribution in [0.3, 0.4) is 0 Å². The quantitative estimate of drug-likeness (QED) is 0.594. The molecule has 0 saturated carbocycles. The first-order valence-corrected chi connectivity index (χ1v) is 4.52. The second kappa shape index (κ2) is 4.96. The molecule has 0 saturated heterocycles. The Morgan fingerprint density at radius 1 is 1.21 bits per heavy atom. The summed E-state index contributed by atoms with van der Waals surface area (Å²) in [4.78, 5) is 0. The topological polar surface area (TPSA) is 8.81 Å². The van der Waals surface area contributed by atoms with Crippen molar-refractivity contribution in [3.05, 3.63) is 49.1 Å². The third-order valence-electron chi connectivity index (χ3n) is 2.11. The number of para-hydroxylation sites is 1. The first-order valence-electron chi connectivity index (χ1n) is 4.52. The Kier molecular flexibility index (Phi) is 3.89. The molecule has 0 bridgehead atoms. The standard InChI is InChI=1S/C11H13N2.BrH/c1-2-12-8-9-13(10-12)11-6-4-3-5-7-11;/h3-10H,2H2,1H3;1H/q+1;/p-1. The molecule has 2 rings (SSSR count). The average Bonchev–Trinajstić information content (AvgIpc) is 2.67. The molecule has 0 N–H and O–H groups in total. The molecule has 1 aromatic carbocycles. The van der Waals surface area contributed by atoms with Crippen molar-refractivity contribution in [2.75, 3.05) is 0 Å². The van der Waals surface area contributed by atoms with Crippen molar-refractivity contribution in [2.45, 2.75) is 13.5 Å². The van der Waals surface area contributed by atoms with Gasteiger partial charge in [-0.05, 0) is 19.1 Å². The predicted octanol–water partition coefficient (Wildman–Crippen LogP) is -1.21. The number of aryl methyl sites for hydroxylation is 1. The average molecular weight is 253 g/mol. The summed E-state index contributed by atoms with van der Waals surface area (Å²) in [5, 5.41) is 0. The number of benzene rings is 1. The van der Waals surface area contributed by atoms with E-state index in [0.717, 1.165) is 6.54 Å². The van der Waals surface area contributed by atoms with Gasteiger partial charge in [-0.25, -0.2) is 9.13 Å². The van der Waals surface area contributed by atoms with E-state index in [1.54, 1.807) is 0 Å². The Morgan fingerprint density at radius 2 is 1.93 bits per heavy atom. The summed E-state index contributed by atoms with van der Waals surface area (Å²) >= 11 is 0. The molecule has 1 aromatic heterocycles. The zero-order chi connectivity index (χ0) is 9.10. The molecule has 2 aromatic rings. The summed E-state index contributed by atoms with van der Waals surface area (Å²) in [7, 11) is 0. The zero-order valence-electron chi connectivity index (χ0n) is 8.10. The van der Waals surface area contributed by atoms with Crippen LogP contribution in [0, 0.1) is 0 Å². The predicted molar refractivity (Wildman–Crippen MR) is 51.6 cm³/mol. The fourth-order valence-corrected chi connectivity index (χ4v) is 1.33. The van der Waals surface area contributed by atoms with E-state index < -0.39 is 0 Å². The van der Waals surface area contributed by atoms with Crippen molar-refractivity contribution in [3.63, 3.8) is 0 Å². The molecule has 0 atom stereocenters. The van der Waals surface area contributed by atoms with Crippen LogP contribution in [-0.4, -0.2) is 4.57 Å². The molecule has 0 unspecified atom stereocenters. The van der Waals surface area contributed by atoms with Crippen LogP contribution in [-0.2, 0) is 6.54 Å². The molecule has 74 valence electrons. The van der Waals surface area contributed by atoms with Gasteiger partial charge in [0.1, 0.15) is 18.1 Å². The normalized spacial score (nSPS) is 9.50. The number of halogens is 1. The zero-order valence-corrected chi connectivity index (χ0v) is 9.68. The van der Waals surface area contributed by atoms with Gasteiger partial charge in [-0.2, -0.15) is 0 Å². The molecule has 0 spiro atoms. The molecule has 0 aliphatic rings. The van der Waals surface area contributed by atoms with E-state index in [4.69, 9.17) is 0 Å². The molecule has 0 amide bonds. The van der Waals surface area contributed by atoms with Crippen LogP contribution in [0.1, 0.15) is 6.92 Å². The van der Waals surface area contributed by atoms with Gasteiger partial charge in [0.25, 0.3) is 0 Å². The maximum atomic E-state index is 2.15. The maximum Gasteiger partial charge on any atom is 0.248 e. The smallest absolute Gasteiger partial charge is 0.248 e. The van der Waals surface area contributed by atoms with Gasteiger partial charge in [0.05, 0.1) is 6.54 Å². The molecule has 14 heavy (non-hydrogen) atoms. The van der Waals surface area contributed by atoms with E-state index in [0.29, 0.717) is 0 Å². The minimum absolute atomic E-state index is 0. The van der Waals surface area contributed by atoms with Gasteiger partial charge in [0, 0.05) is 0 Å². The Hall–Kier alpha value is -1.09. The largest absolute Gasteiger partial charge is 1.00 e. The Labute approximate surface area is 94.6 Å². The van der Waals surface area contributed by atoms with Gasteiger partial charge in [-0.15, -0.1) is 0 Å². The molecule has 0 aliphatic carbocycles. The number of hydrogen-bond acceptors (Lipinski definition) is 0. The SMILES string of the molecule is CC[n+]1ccn(-c2ccccc2)c1.[Br-]. The highest BCUT2D eigenvalue weighted by Crippen LogP contribution is 2.03. The lowest BCUT2D eigenvalue weighted by molar-refractivity contribution is -0.692. The number of aromatic nitrogens is 2. The first kappa shape index (κ1) is 11.0. The fraction of sp³-hybridized carbons (Fsp3) is 0.182. The minimum Gasteiger partial charge on any atom is -1.00 e. The van der Waals surface area contributed by atoms with E-state index in [1.807, 2.05) is 18.2 Å². The van der Waals surface area contributed by atoms with E-state index >= 15 is 0 Å². The van der Waals surface area contributed by atoms with E-state index in [1.165, 1.54) is 5.69 Å². The van der Waals surface area contributed by atoms with Gasteiger partial charge < -0.3 is 17.0 Å². The maximum absolute atomic E-state index is 2.15. The Balaban J connectivity index is 0.000000980. The van der Waals surface area contributed by atoms with Crippen molar-refractivity contribution in [2.24, 2.45) is 0 Å². The van der Waals surface area contributed by atoms with E-state index in [9.17, 15) is 0 Å². The second-order valence-electron chi connectivity index (χ2n) is 2.99. The lowest BCUT2D eigenvalue weighted by atomic mass is 10.3. The summed E-state index contributed by atoms with van der Waals surface area (Å²) in [6.07, 6.45) is 6.24. The summed E-state index contributed by atoms with van der Waals surface area (Å²) in [6.45, 7) is 3.15. The van der Waals surface area contributed by atoms with Crippen molar-refractivity contribution < 1.29 is 21.5 Å². The summed E-state index contributed by atoms with van der Waals surface area (Å²) < 4.78 is 4.26. The van der Waals surface area contributed by atoms with Crippen molar-refractivity contribution >= 4 is 0 Å². The molecule has 2 nitrogen and oxygen atoms in total. The number of hydrogen-bond donors (Lipinski definition) is 0. The Morgan fingerprint density at radius 3 is 2.50 bits per heavy atom. The molecule has 1 heterocycles. The van der Waals surface area contributed by atoms with Gasteiger partial charge >= 0.3 is 0 Å². The lowest BCUT2D eigenvalue weighted by Gasteiger charge is -1.92. The fourth-order valence-electron chi connectivity index (χ4n) is 1.33. The molecule has 0 aliphatic heterocycles. The Bertz CT molecular complexity index is 381. The van der Waals surface area contributed by atoms with Crippen LogP contribution in [0.25, 0.3) is 5.69 Å². The van der Waals surface area contributed by atoms with Crippen LogP contribution >= 0.6 is 0 Å². The van der Waals surface area contributed by atoms with Crippen LogP contribution in [0.2, 0.25) is 0 Å². The van der Waals surface area contributed by atoms with Crippen LogP contribution < -0.4 is 21.5 Å². The molecular formula is C11H13BrN2. The third-order valence-corrected chi connectivity index (χ3v) is 2.11. The summed E-state index contributed by atoms with van der Waals surface area (Å²) in [5.41, 5.74) is 1.20. The molecular weight excluding hydrogens is 240 g/mol. The lowest BCUT2D eigenvalue weighted by Crippen LogP contribution is -3.00. The summed E-state index contributed by atoms with van der Waals surface area (Å²) in [6, 6.07) is 10.3. The molecule has 0 fully saturated rings. The van der Waals surface area contributed by atoms with Gasteiger partial charge in [0.15, 0.2) is 0 Å². The van der Waals surface area contributed by atoms with Crippen LogP contribution in [0.4, 0.5) is 0 Å². The van der Waals surface area contributed by atoms with Crippen molar-refractivity contribution in [3.8, 4) is 5.69 Å². The van der Waals surface area contributed by atoms with E-state index in [-0.39, 0.29) is 17.0 Å². The molecule has 3 heteroatoms. The van der Waals surface area contributed by atoms with E-state index in [2.05, 4.69) is 46.9 Å². The highest BCUT2D eigenvalue weighted by atomic mass is 79.9. The minimum atomic E-state index is 0. The monoisotopic (exact) mass is 252 g/mol. The number of nitrogens with zero attached hydrogens (tertiary/aromatic N) is 2. The highest BCUT2D eigenvalue weighted by molar-refractivity contribution is 5.30.